The number of hydrogen-bond acceptors (Lipinski definition) is 5. The number of aliphatic hydroxyl groups is 3. The first-order valence-corrected chi connectivity index (χ1v) is 7.06. The summed E-state index contributed by atoms with van der Waals surface area (Å²) < 4.78 is 5.30. The van der Waals surface area contributed by atoms with E-state index in [2.05, 4.69) is 0 Å². The summed E-state index contributed by atoms with van der Waals surface area (Å²) in [5.41, 5.74) is -1.28. The van der Waals surface area contributed by atoms with Crippen LogP contribution in [0.25, 0.3) is 0 Å². The van der Waals surface area contributed by atoms with E-state index in [0.717, 1.165) is 0 Å². The predicted octanol–water partition coefficient (Wildman–Crippen LogP) is 0.738. The fourth-order valence-corrected chi connectivity index (χ4v) is 2.52. The molecule has 0 radical (unpaired) electrons. The second-order valence-corrected chi connectivity index (χ2v) is 6.67. The molecule has 2 atom stereocenters. The molecule has 0 saturated carbocycles. The topological polar surface area (TPSA) is 90.2 Å². The zero-order valence-electron chi connectivity index (χ0n) is 12.8. The van der Waals surface area contributed by atoms with E-state index in [4.69, 9.17) is 4.74 Å². The minimum absolute atomic E-state index is 0.207. The van der Waals surface area contributed by atoms with Gasteiger partial charge in [-0.15, -0.1) is 0 Å². The Bertz CT molecular complexity index is 329. The Morgan fingerprint density at radius 1 is 1.30 bits per heavy atom. The molecular formula is C14H27NO5. The lowest BCUT2D eigenvalue weighted by Gasteiger charge is -2.44. The first-order chi connectivity index (χ1) is 9.11. The van der Waals surface area contributed by atoms with Crippen molar-refractivity contribution in [3.05, 3.63) is 0 Å². The van der Waals surface area contributed by atoms with Gasteiger partial charge in [0.05, 0.1) is 18.8 Å². The molecule has 0 aromatic carbocycles. The van der Waals surface area contributed by atoms with E-state index in [1.165, 1.54) is 6.92 Å². The Hall–Kier alpha value is -0.850. The van der Waals surface area contributed by atoms with Crippen molar-refractivity contribution in [3.8, 4) is 0 Å². The van der Waals surface area contributed by atoms with Gasteiger partial charge in [0.1, 0.15) is 5.60 Å². The summed E-state index contributed by atoms with van der Waals surface area (Å²) in [5.74, 6) is 0. The molecule has 0 bridgehead atoms. The van der Waals surface area contributed by atoms with Gasteiger partial charge >= 0.3 is 6.09 Å². The van der Waals surface area contributed by atoms with Crippen LogP contribution in [-0.2, 0) is 4.74 Å². The summed E-state index contributed by atoms with van der Waals surface area (Å²) in [5, 5.41) is 29.2. The molecule has 1 rings (SSSR count). The second-order valence-electron chi connectivity index (χ2n) is 6.67. The maximum Gasteiger partial charge on any atom is 0.410 e. The van der Waals surface area contributed by atoms with Crippen LogP contribution in [0.1, 0.15) is 40.5 Å². The molecule has 1 heterocycles. The lowest BCUT2D eigenvalue weighted by atomic mass is 9.73. The lowest BCUT2D eigenvalue weighted by Crippen LogP contribution is -2.53. The van der Waals surface area contributed by atoms with Crippen molar-refractivity contribution in [2.75, 3.05) is 19.7 Å². The van der Waals surface area contributed by atoms with Crippen molar-refractivity contribution in [1.29, 1.82) is 0 Å². The number of piperidine rings is 1. The van der Waals surface area contributed by atoms with Gasteiger partial charge in [-0.25, -0.2) is 4.79 Å². The fourth-order valence-electron chi connectivity index (χ4n) is 2.52. The third-order valence-corrected chi connectivity index (χ3v) is 3.81. The smallest absolute Gasteiger partial charge is 0.410 e. The van der Waals surface area contributed by atoms with E-state index in [9.17, 15) is 20.1 Å². The third kappa shape index (κ3) is 4.07. The zero-order valence-corrected chi connectivity index (χ0v) is 12.8. The number of hydrogen-bond donors (Lipinski definition) is 3. The number of ether oxygens (including phenoxy) is 1. The van der Waals surface area contributed by atoms with Crippen molar-refractivity contribution >= 4 is 6.09 Å². The van der Waals surface area contributed by atoms with Gasteiger partial charge in [-0.1, -0.05) is 0 Å². The quantitative estimate of drug-likeness (QED) is 0.713. The van der Waals surface area contributed by atoms with Crippen LogP contribution in [0.3, 0.4) is 0 Å². The SMILES string of the molecule is C[C@H](O)C(O)C1(CO)CCN(C(=O)OC(C)(C)C)CC1. The number of carbonyl (C=O) groups is 1. The third-order valence-electron chi connectivity index (χ3n) is 3.81. The zero-order chi connectivity index (χ0) is 15.6. The van der Waals surface area contributed by atoms with Crippen LogP contribution in [0.5, 0.6) is 0 Å². The van der Waals surface area contributed by atoms with Crippen molar-refractivity contribution in [2.24, 2.45) is 5.41 Å². The highest BCUT2D eigenvalue weighted by Crippen LogP contribution is 2.36. The molecule has 6 heteroatoms. The highest BCUT2D eigenvalue weighted by Gasteiger charge is 2.43. The van der Waals surface area contributed by atoms with Crippen LogP contribution in [0.15, 0.2) is 0 Å². The van der Waals surface area contributed by atoms with Gasteiger partial charge < -0.3 is 25.0 Å². The molecule has 6 nitrogen and oxygen atoms in total. The molecule has 1 amide bonds. The monoisotopic (exact) mass is 289 g/mol. The summed E-state index contributed by atoms with van der Waals surface area (Å²) in [6.45, 7) is 7.53. The van der Waals surface area contributed by atoms with Crippen LogP contribution < -0.4 is 0 Å². The molecule has 1 saturated heterocycles. The Balaban J connectivity index is 2.64. The van der Waals surface area contributed by atoms with Crippen LogP contribution in [-0.4, -0.2) is 63.8 Å². The van der Waals surface area contributed by atoms with Gasteiger partial charge in [0.25, 0.3) is 0 Å². The number of carbonyl (C=O) groups excluding carboxylic acids is 1. The van der Waals surface area contributed by atoms with Crippen LogP contribution in [0.2, 0.25) is 0 Å². The largest absolute Gasteiger partial charge is 0.444 e. The first-order valence-electron chi connectivity index (χ1n) is 7.06. The van der Waals surface area contributed by atoms with Gasteiger partial charge in [0.15, 0.2) is 0 Å². The Kier molecular flexibility index (Phi) is 5.40. The normalized spacial score (nSPS) is 22.2. The number of likely N-dealkylation sites (tertiary alicyclic amines) is 1. The summed E-state index contributed by atoms with van der Waals surface area (Å²) >= 11 is 0. The van der Waals surface area contributed by atoms with E-state index in [0.29, 0.717) is 25.9 Å². The highest BCUT2D eigenvalue weighted by atomic mass is 16.6. The minimum atomic E-state index is -0.992. The predicted molar refractivity (Wildman–Crippen MR) is 74.2 cm³/mol. The fraction of sp³-hybridized carbons (Fsp3) is 0.929. The Morgan fingerprint density at radius 3 is 2.15 bits per heavy atom. The molecule has 0 aromatic heterocycles. The van der Waals surface area contributed by atoms with E-state index < -0.39 is 23.2 Å². The molecule has 118 valence electrons. The van der Waals surface area contributed by atoms with Gasteiger partial charge in [-0.3, -0.25) is 0 Å². The van der Waals surface area contributed by atoms with Gasteiger partial charge in [0.2, 0.25) is 0 Å². The van der Waals surface area contributed by atoms with Crippen molar-refractivity contribution in [3.63, 3.8) is 0 Å². The lowest BCUT2D eigenvalue weighted by molar-refractivity contribution is -0.106. The molecule has 20 heavy (non-hydrogen) atoms. The first kappa shape index (κ1) is 17.2. The van der Waals surface area contributed by atoms with Gasteiger partial charge in [-0.2, -0.15) is 0 Å². The molecular weight excluding hydrogens is 262 g/mol. The summed E-state index contributed by atoms with van der Waals surface area (Å²) in [6, 6.07) is 0. The van der Waals surface area contributed by atoms with Crippen LogP contribution >= 0.6 is 0 Å². The molecule has 1 fully saturated rings. The van der Waals surface area contributed by atoms with Crippen molar-refractivity contribution in [1.82, 2.24) is 4.90 Å². The second kappa shape index (κ2) is 6.28. The van der Waals surface area contributed by atoms with Gasteiger partial charge in [-0.05, 0) is 40.5 Å². The molecule has 1 unspecified atom stereocenters. The molecule has 0 spiro atoms. The number of amides is 1. The van der Waals surface area contributed by atoms with Crippen LogP contribution in [0, 0.1) is 5.41 Å². The average molecular weight is 289 g/mol. The maximum absolute atomic E-state index is 11.9. The average Bonchev–Trinajstić information content (AvgIpc) is 2.35. The molecule has 3 N–H and O–H groups in total. The Morgan fingerprint density at radius 2 is 1.80 bits per heavy atom. The van der Waals surface area contributed by atoms with Crippen molar-refractivity contribution < 1.29 is 24.9 Å². The minimum Gasteiger partial charge on any atom is -0.444 e. The highest BCUT2D eigenvalue weighted by molar-refractivity contribution is 5.68. The standard InChI is InChI=1S/C14H27NO5/c1-10(17)11(18)14(9-16)5-7-15(8-6-14)12(19)20-13(2,3)4/h10-11,16-18H,5-9H2,1-4H3/t10-,11?/m0/s1. The summed E-state index contributed by atoms with van der Waals surface area (Å²) in [4.78, 5) is 13.5. The Labute approximate surface area is 120 Å². The van der Waals surface area contributed by atoms with E-state index in [-0.39, 0.29) is 12.7 Å². The molecule has 1 aliphatic heterocycles. The summed E-state index contributed by atoms with van der Waals surface area (Å²) in [7, 11) is 0. The number of rotatable bonds is 3. The van der Waals surface area contributed by atoms with E-state index in [1.54, 1.807) is 4.90 Å². The summed E-state index contributed by atoms with van der Waals surface area (Å²) in [6.07, 6.45) is -1.40. The number of aliphatic hydroxyl groups excluding tert-OH is 3. The molecule has 0 aliphatic carbocycles. The van der Waals surface area contributed by atoms with Crippen LogP contribution in [0.4, 0.5) is 4.79 Å². The van der Waals surface area contributed by atoms with Crippen molar-refractivity contribution in [2.45, 2.75) is 58.3 Å². The maximum atomic E-state index is 11.9. The molecule has 1 aliphatic rings. The number of nitrogens with zero attached hydrogens (tertiary/aromatic N) is 1. The van der Waals surface area contributed by atoms with E-state index in [1.807, 2.05) is 20.8 Å². The van der Waals surface area contributed by atoms with Gasteiger partial charge in [0, 0.05) is 18.5 Å². The molecule has 0 aromatic rings. The van der Waals surface area contributed by atoms with E-state index >= 15 is 0 Å².